The number of aryl methyl sites for hydroxylation is 2. The molecule has 4 rings (SSSR count). The highest BCUT2D eigenvalue weighted by Crippen LogP contribution is 2.30. The monoisotopic (exact) mass is 363 g/mol. The summed E-state index contributed by atoms with van der Waals surface area (Å²) in [4.78, 5) is 22.8. The Balaban J connectivity index is 1.56. The highest BCUT2D eigenvalue weighted by molar-refractivity contribution is 5.95. The Morgan fingerprint density at radius 2 is 2.04 bits per heavy atom. The van der Waals surface area contributed by atoms with E-state index in [0.29, 0.717) is 5.92 Å². The Morgan fingerprint density at radius 3 is 2.74 bits per heavy atom. The minimum atomic E-state index is 0.103. The van der Waals surface area contributed by atoms with Gasteiger partial charge >= 0.3 is 0 Å². The van der Waals surface area contributed by atoms with E-state index in [0.717, 1.165) is 59.3 Å². The third kappa shape index (κ3) is 3.29. The lowest BCUT2D eigenvalue weighted by molar-refractivity contribution is 0.0706. The Kier molecular flexibility index (Phi) is 4.60. The molecular formula is C22H25N3O2. The van der Waals surface area contributed by atoms with Gasteiger partial charge in [-0.3, -0.25) is 9.78 Å². The average Bonchev–Trinajstić information content (AvgIpc) is 3.11. The topological polar surface area (TPSA) is 58.2 Å². The number of hydrogen-bond acceptors (Lipinski definition) is 3. The Morgan fingerprint density at radius 1 is 1.26 bits per heavy atom. The number of likely N-dealkylation sites (tertiary alicyclic amines) is 1. The molecule has 5 nitrogen and oxygen atoms in total. The van der Waals surface area contributed by atoms with Crippen molar-refractivity contribution >= 4 is 16.8 Å². The average molecular weight is 363 g/mol. The van der Waals surface area contributed by atoms with E-state index in [9.17, 15) is 4.79 Å². The molecule has 1 aromatic carbocycles. The first-order valence-electron chi connectivity index (χ1n) is 9.44. The maximum absolute atomic E-state index is 13.1. The Bertz CT molecular complexity index is 936. The minimum absolute atomic E-state index is 0.103. The number of benzene rings is 1. The zero-order valence-corrected chi connectivity index (χ0v) is 16.1. The van der Waals surface area contributed by atoms with Crippen LogP contribution in [0.1, 0.15) is 45.9 Å². The molecule has 0 bridgehead atoms. The molecule has 1 fully saturated rings. The molecule has 0 aliphatic carbocycles. The van der Waals surface area contributed by atoms with E-state index in [1.165, 1.54) is 5.69 Å². The van der Waals surface area contributed by atoms with Crippen LogP contribution in [0.4, 0.5) is 0 Å². The van der Waals surface area contributed by atoms with Gasteiger partial charge < -0.3 is 14.6 Å². The molecule has 2 aromatic heterocycles. The molecule has 1 aliphatic heterocycles. The van der Waals surface area contributed by atoms with Gasteiger partial charge in [0.2, 0.25) is 0 Å². The molecular weight excluding hydrogens is 338 g/mol. The zero-order valence-electron chi connectivity index (χ0n) is 16.1. The van der Waals surface area contributed by atoms with Crippen LogP contribution in [-0.4, -0.2) is 41.0 Å². The summed E-state index contributed by atoms with van der Waals surface area (Å²) in [7, 11) is 1.67. The number of carbonyl (C=O) groups excluding carboxylic acids is 1. The van der Waals surface area contributed by atoms with Crippen LogP contribution in [0.25, 0.3) is 10.9 Å². The molecule has 3 heterocycles. The quantitative estimate of drug-likeness (QED) is 0.758. The van der Waals surface area contributed by atoms with Gasteiger partial charge in [-0.2, -0.15) is 0 Å². The van der Waals surface area contributed by atoms with Gasteiger partial charge in [0.05, 0.1) is 7.11 Å². The number of hydrogen-bond donors (Lipinski definition) is 1. The number of carbonyl (C=O) groups is 1. The van der Waals surface area contributed by atoms with Crippen molar-refractivity contribution in [2.45, 2.75) is 32.6 Å². The number of nitrogens with zero attached hydrogens (tertiary/aromatic N) is 2. The number of H-pyrrole nitrogens is 1. The van der Waals surface area contributed by atoms with Crippen molar-refractivity contribution in [1.29, 1.82) is 0 Å². The Labute approximate surface area is 159 Å². The van der Waals surface area contributed by atoms with Crippen LogP contribution in [0.3, 0.4) is 0 Å². The summed E-state index contributed by atoms with van der Waals surface area (Å²) in [6.45, 7) is 5.52. The smallest absolute Gasteiger partial charge is 0.253 e. The van der Waals surface area contributed by atoms with E-state index >= 15 is 0 Å². The minimum Gasteiger partial charge on any atom is -0.496 e. The molecule has 3 aromatic rings. The summed E-state index contributed by atoms with van der Waals surface area (Å²) in [6.07, 6.45) is 5.78. The number of ether oxygens (including phenoxy) is 1. The molecule has 0 saturated carbocycles. The first kappa shape index (κ1) is 17.6. The molecule has 1 atom stereocenters. The standard InChI is InChI=1S/C22H25N3O2/c1-14-9-17(10-15(2)21(14)27-3)22(26)25-8-4-5-16(13-25)20-11-18-12-23-7-6-19(18)24-20/h6-7,9-12,16,24H,4-5,8,13H2,1-3H3/t16-/m1/s1. The maximum Gasteiger partial charge on any atom is 0.253 e. The number of fused-ring (bicyclic) bond motifs is 1. The highest BCUT2D eigenvalue weighted by atomic mass is 16.5. The van der Waals surface area contributed by atoms with Gasteiger partial charge in [0.15, 0.2) is 0 Å². The molecule has 1 aliphatic rings. The molecule has 27 heavy (non-hydrogen) atoms. The fraction of sp³-hybridized carbons (Fsp3) is 0.364. The molecule has 0 unspecified atom stereocenters. The molecule has 5 heteroatoms. The predicted molar refractivity (Wildman–Crippen MR) is 106 cm³/mol. The van der Waals surface area contributed by atoms with Crippen molar-refractivity contribution in [1.82, 2.24) is 14.9 Å². The van der Waals surface area contributed by atoms with Crippen molar-refractivity contribution in [2.75, 3.05) is 20.2 Å². The van der Waals surface area contributed by atoms with E-state index in [4.69, 9.17) is 4.74 Å². The number of aromatic amines is 1. The van der Waals surface area contributed by atoms with Crippen LogP contribution in [0, 0.1) is 13.8 Å². The van der Waals surface area contributed by atoms with Gasteiger partial charge in [0.1, 0.15) is 5.75 Å². The van der Waals surface area contributed by atoms with Crippen LogP contribution >= 0.6 is 0 Å². The number of amides is 1. The molecule has 1 saturated heterocycles. The molecule has 140 valence electrons. The largest absolute Gasteiger partial charge is 0.496 e. The van der Waals surface area contributed by atoms with Crippen LogP contribution in [0.5, 0.6) is 5.75 Å². The second-order valence-corrected chi connectivity index (χ2v) is 7.42. The third-order valence-electron chi connectivity index (χ3n) is 5.50. The van der Waals surface area contributed by atoms with E-state index in [1.807, 2.05) is 43.1 Å². The maximum atomic E-state index is 13.1. The summed E-state index contributed by atoms with van der Waals surface area (Å²) in [5, 5.41) is 1.12. The van der Waals surface area contributed by atoms with Crippen molar-refractivity contribution in [3.63, 3.8) is 0 Å². The van der Waals surface area contributed by atoms with Crippen molar-refractivity contribution < 1.29 is 9.53 Å². The van der Waals surface area contributed by atoms with E-state index in [1.54, 1.807) is 13.3 Å². The van der Waals surface area contributed by atoms with Crippen LogP contribution in [-0.2, 0) is 0 Å². The van der Waals surface area contributed by atoms with E-state index in [2.05, 4.69) is 16.0 Å². The van der Waals surface area contributed by atoms with Gasteiger partial charge in [-0.15, -0.1) is 0 Å². The second-order valence-electron chi connectivity index (χ2n) is 7.42. The molecule has 1 amide bonds. The lowest BCUT2D eigenvalue weighted by Gasteiger charge is -2.32. The van der Waals surface area contributed by atoms with Gasteiger partial charge in [0, 0.05) is 53.6 Å². The summed E-state index contributed by atoms with van der Waals surface area (Å²) >= 11 is 0. The van der Waals surface area contributed by atoms with Crippen LogP contribution < -0.4 is 4.74 Å². The van der Waals surface area contributed by atoms with Gasteiger partial charge in [-0.1, -0.05) is 0 Å². The SMILES string of the molecule is COc1c(C)cc(C(=O)N2CCC[C@@H](c3cc4cnccc4[nH]3)C2)cc1C. The van der Waals surface area contributed by atoms with Crippen LogP contribution in [0.15, 0.2) is 36.7 Å². The van der Waals surface area contributed by atoms with Gasteiger partial charge in [0.25, 0.3) is 5.91 Å². The summed E-state index contributed by atoms with van der Waals surface area (Å²) in [5.41, 5.74) is 5.03. The summed E-state index contributed by atoms with van der Waals surface area (Å²) < 4.78 is 5.43. The first-order valence-corrected chi connectivity index (χ1v) is 9.44. The van der Waals surface area contributed by atoms with Crippen molar-refractivity contribution in [3.05, 3.63) is 59.0 Å². The lowest BCUT2D eigenvalue weighted by atomic mass is 9.94. The number of pyridine rings is 1. The van der Waals surface area contributed by atoms with Crippen LogP contribution in [0.2, 0.25) is 0 Å². The second kappa shape index (κ2) is 7.06. The fourth-order valence-electron chi connectivity index (χ4n) is 4.21. The number of piperidine rings is 1. The zero-order chi connectivity index (χ0) is 19.0. The number of nitrogens with one attached hydrogen (secondary N) is 1. The highest BCUT2D eigenvalue weighted by Gasteiger charge is 2.27. The van der Waals surface area contributed by atoms with Gasteiger partial charge in [-0.25, -0.2) is 0 Å². The lowest BCUT2D eigenvalue weighted by Crippen LogP contribution is -2.39. The molecule has 0 radical (unpaired) electrons. The summed E-state index contributed by atoms with van der Waals surface area (Å²) in [6, 6.07) is 8.04. The van der Waals surface area contributed by atoms with Gasteiger partial charge in [-0.05, 0) is 62.1 Å². The third-order valence-corrected chi connectivity index (χ3v) is 5.50. The first-order chi connectivity index (χ1) is 13.1. The molecule has 0 spiro atoms. The van der Waals surface area contributed by atoms with E-state index < -0.39 is 0 Å². The number of methoxy groups -OCH3 is 1. The Hall–Kier alpha value is -2.82. The van der Waals surface area contributed by atoms with Crippen molar-refractivity contribution in [2.24, 2.45) is 0 Å². The predicted octanol–water partition coefficient (Wildman–Crippen LogP) is 4.21. The van der Waals surface area contributed by atoms with E-state index in [-0.39, 0.29) is 5.91 Å². The number of aromatic nitrogens is 2. The normalized spacial score (nSPS) is 17.3. The molecule has 1 N–H and O–H groups in total. The van der Waals surface area contributed by atoms with Crippen molar-refractivity contribution in [3.8, 4) is 5.75 Å². The fourth-order valence-corrected chi connectivity index (χ4v) is 4.21. The summed E-state index contributed by atoms with van der Waals surface area (Å²) in [5.74, 6) is 1.29. The number of rotatable bonds is 3.